The SMILES string of the molecule is O=C(O)CC1CCCCS1(=O)=O. The number of sulfone groups is 1. The van der Waals surface area contributed by atoms with Crippen molar-refractivity contribution in [1.82, 2.24) is 0 Å². The Morgan fingerprint density at radius 3 is 2.58 bits per heavy atom. The molecule has 1 N–H and O–H groups in total. The molecule has 1 unspecified atom stereocenters. The van der Waals surface area contributed by atoms with Gasteiger partial charge < -0.3 is 5.11 Å². The van der Waals surface area contributed by atoms with Gasteiger partial charge in [0.05, 0.1) is 17.4 Å². The standard InChI is InChI=1S/C7H12O4S/c8-7(9)5-6-3-1-2-4-12(6,10)11/h6H,1-5H2,(H,8,9). The molecule has 1 atom stereocenters. The third-order valence-electron chi connectivity index (χ3n) is 2.12. The van der Waals surface area contributed by atoms with Crippen molar-refractivity contribution < 1.29 is 18.3 Å². The average molecular weight is 192 g/mol. The quantitative estimate of drug-likeness (QED) is 0.688. The van der Waals surface area contributed by atoms with Gasteiger partial charge in [0, 0.05) is 0 Å². The lowest BCUT2D eigenvalue weighted by molar-refractivity contribution is -0.137. The lowest BCUT2D eigenvalue weighted by atomic mass is 10.1. The van der Waals surface area contributed by atoms with Crippen LogP contribution in [0.4, 0.5) is 0 Å². The van der Waals surface area contributed by atoms with E-state index in [9.17, 15) is 13.2 Å². The van der Waals surface area contributed by atoms with Crippen LogP contribution < -0.4 is 0 Å². The maximum atomic E-state index is 11.3. The minimum Gasteiger partial charge on any atom is -0.481 e. The van der Waals surface area contributed by atoms with E-state index < -0.39 is 21.1 Å². The highest BCUT2D eigenvalue weighted by molar-refractivity contribution is 7.92. The number of hydrogen-bond acceptors (Lipinski definition) is 3. The summed E-state index contributed by atoms with van der Waals surface area (Å²) in [5, 5.41) is 7.80. The molecule has 0 aromatic rings. The van der Waals surface area contributed by atoms with Crippen LogP contribution in [-0.2, 0) is 14.6 Å². The van der Waals surface area contributed by atoms with Gasteiger partial charge in [-0.3, -0.25) is 4.79 Å². The topological polar surface area (TPSA) is 71.4 Å². The van der Waals surface area contributed by atoms with Crippen molar-refractivity contribution >= 4 is 15.8 Å². The second-order valence-electron chi connectivity index (χ2n) is 3.08. The van der Waals surface area contributed by atoms with Gasteiger partial charge in [0.15, 0.2) is 9.84 Å². The van der Waals surface area contributed by atoms with E-state index in [1.54, 1.807) is 0 Å². The van der Waals surface area contributed by atoms with Crippen molar-refractivity contribution in [3.63, 3.8) is 0 Å². The van der Waals surface area contributed by atoms with Crippen LogP contribution in [0.25, 0.3) is 0 Å². The Morgan fingerprint density at radius 1 is 1.42 bits per heavy atom. The molecular weight excluding hydrogens is 180 g/mol. The molecule has 0 bridgehead atoms. The molecule has 1 aliphatic rings. The van der Waals surface area contributed by atoms with E-state index in [4.69, 9.17) is 5.11 Å². The van der Waals surface area contributed by atoms with Crippen molar-refractivity contribution in [2.45, 2.75) is 30.9 Å². The van der Waals surface area contributed by atoms with Gasteiger partial charge in [-0.15, -0.1) is 0 Å². The van der Waals surface area contributed by atoms with Crippen molar-refractivity contribution in [3.05, 3.63) is 0 Å². The van der Waals surface area contributed by atoms with Gasteiger partial charge in [-0.05, 0) is 12.8 Å². The fourth-order valence-electron chi connectivity index (χ4n) is 1.45. The summed E-state index contributed by atoms with van der Waals surface area (Å²) in [6.45, 7) is 0. The molecule has 70 valence electrons. The molecule has 0 spiro atoms. The van der Waals surface area contributed by atoms with Crippen molar-refractivity contribution in [2.75, 3.05) is 5.75 Å². The Balaban J connectivity index is 2.67. The summed E-state index contributed by atoms with van der Waals surface area (Å²) in [6, 6.07) is 0. The van der Waals surface area contributed by atoms with Crippen LogP contribution in [0.15, 0.2) is 0 Å². The van der Waals surface area contributed by atoms with E-state index in [2.05, 4.69) is 0 Å². The fourth-order valence-corrected chi connectivity index (χ4v) is 3.31. The van der Waals surface area contributed by atoms with E-state index in [-0.39, 0.29) is 12.2 Å². The monoisotopic (exact) mass is 192 g/mol. The molecule has 0 amide bonds. The van der Waals surface area contributed by atoms with E-state index in [1.165, 1.54) is 0 Å². The van der Waals surface area contributed by atoms with E-state index in [1.807, 2.05) is 0 Å². The van der Waals surface area contributed by atoms with Crippen LogP contribution in [0, 0.1) is 0 Å². The van der Waals surface area contributed by atoms with Crippen molar-refractivity contribution in [3.8, 4) is 0 Å². The van der Waals surface area contributed by atoms with Crippen LogP contribution >= 0.6 is 0 Å². The Kier molecular flexibility index (Phi) is 2.72. The highest BCUT2D eigenvalue weighted by Gasteiger charge is 2.30. The number of carbonyl (C=O) groups is 1. The van der Waals surface area contributed by atoms with Gasteiger partial charge >= 0.3 is 5.97 Å². The van der Waals surface area contributed by atoms with Crippen LogP contribution in [0.3, 0.4) is 0 Å². The Bertz CT molecular complexity index is 267. The zero-order valence-corrected chi connectivity index (χ0v) is 7.51. The highest BCUT2D eigenvalue weighted by Crippen LogP contribution is 2.21. The van der Waals surface area contributed by atoms with Gasteiger partial charge in [0.1, 0.15) is 0 Å². The first kappa shape index (κ1) is 9.51. The first-order chi connectivity index (χ1) is 5.52. The second kappa shape index (κ2) is 3.43. The number of carboxylic acids is 1. The molecule has 1 saturated heterocycles. The first-order valence-corrected chi connectivity index (χ1v) is 5.67. The molecule has 5 heteroatoms. The summed E-state index contributed by atoms with van der Waals surface area (Å²) >= 11 is 0. The van der Waals surface area contributed by atoms with E-state index >= 15 is 0 Å². The predicted molar refractivity (Wildman–Crippen MR) is 43.7 cm³/mol. The van der Waals surface area contributed by atoms with E-state index in [0.717, 1.165) is 6.42 Å². The molecule has 1 fully saturated rings. The number of aliphatic carboxylic acids is 1. The minimum atomic E-state index is -3.10. The Hall–Kier alpha value is -0.580. The fraction of sp³-hybridized carbons (Fsp3) is 0.857. The molecule has 0 aliphatic carbocycles. The largest absolute Gasteiger partial charge is 0.481 e. The highest BCUT2D eigenvalue weighted by atomic mass is 32.2. The summed E-state index contributed by atoms with van der Waals surface area (Å²) in [7, 11) is -3.10. The Morgan fingerprint density at radius 2 is 2.08 bits per heavy atom. The lowest BCUT2D eigenvalue weighted by Gasteiger charge is -2.20. The van der Waals surface area contributed by atoms with Crippen molar-refractivity contribution in [2.24, 2.45) is 0 Å². The molecule has 1 rings (SSSR count). The number of rotatable bonds is 2. The van der Waals surface area contributed by atoms with Gasteiger partial charge in [-0.25, -0.2) is 8.42 Å². The lowest BCUT2D eigenvalue weighted by Crippen LogP contribution is -2.30. The maximum absolute atomic E-state index is 11.3. The number of carboxylic acid groups (broad SMARTS) is 1. The normalized spacial score (nSPS) is 28.2. The average Bonchev–Trinajstić information content (AvgIpc) is 1.92. The van der Waals surface area contributed by atoms with Crippen LogP contribution in [0.2, 0.25) is 0 Å². The summed E-state index contributed by atoms with van der Waals surface area (Å²) in [4.78, 5) is 10.3. The third kappa shape index (κ3) is 2.20. The summed E-state index contributed by atoms with van der Waals surface area (Å²) in [5.41, 5.74) is 0. The zero-order valence-electron chi connectivity index (χ0n) is 6.69. The summed E-state index contributed by atoms with van der Waals surface area (Å²) < 4.78 is 22.5. The van der Waals surface area contributed by atoms with Gasteiger partial charge in [0.25, 0.3) is 0 Å². The third-order valence-corrected chi connectivity index (χ3v) is 4.39. The van der Waals surface area contributed by atoms with Gasteiger partial charge in [-0.1, -0.05) is 6.42 Å². The maximum Gasteiger partial charge on any atom is 0.304 e. The molecule has 1 heterocycles. The molecule has 4 nitrogen and oxygen atoms in total. The van der Waals surface area contributed by atoms with Gasteiger partial charge in [-0.2, -0.15) is 0 Å². The molecule has 0 aromatic carbocycles. The molecular formula is C7H12O4S. The second-order valence-corrected chi connectivity index (χ2v) is 5.48. The zero-order chi connectivity index (χ0) is 9.19. The molecule has 0 aromatic heterocycles. The van der Waals surface area contributed by atoms with Crippen LogP contribution in [0.5, 0.6) is 0 Å². The predicted octanol–water partition coefficient (Wildman–Crippen LogP) is 0.428. The van der Waals surface area contributed by atoms with E-state index in [0.29, 0.717) is 12.8 Å². The molecule has 0 radical (unpaired) electrons. The summed E-state index contributed by atoms with van der Waals surface area (Å²) in [6.07, 6.45) is 1.78. The Labute approximate surface area is 71.5 Å². The van der Waals surface area contributed by atoms with Crippen molar-refractivity contribution in [1.29, 1.82) is 0 Å². The first-order valence-electron chi connectivity index (χ1n) is 3.96. The smallest absolute Gasteiger partial charge is 0.304 e. The summed E-state index contributed by atoms with van der Waals surface area (Å²) in [5.74, 6) is -0.865. The number of hydrogen-bond donors (Lipinski definition) is 1. The molecule has 12 heavy (non-hydrogen) atoms. The van der Waals surface area contributed by atoms with Gasteiger partial charge in [0.2, 0.25) is 0 Å². The minimum absolute atomic E-state index is 0.158. The molecule has 1 aliphatic heterocycles. The van der Waals surface area contributed by atoms with Crippen LogP contribution in [-0.4, -0.2) is 30.5 Å². The molecule has 0 saturated carbocycles. The van der Waals surface area contributed by atoms with Crippen LogP contribution in [0.1, 0.15) is 25.7 Å².